The molecule has 1 aromatic heterocycles. The minimum atomic E-state index is 0.261. The first-order valence-corrected chi connectivity index (χ1v) is 9.35. The van der Waals surface area contributed by atoms with Crippen molar-refractivity contribution in [2.75, 3.05) is 43.7 Å². The Hall–Kier alpha value is -2.50. The molecule has 0 amide bonds. The van der Waals surface area contributed by atoms with Crippen LogP contribution in [0.2, 0.25) is 0 Å². The van der Waals surface area contributed by atoms with Crippen molar-refractivity contribution in [3.05, 3.63) is 36.2 Å². The molecule has 0 spiro atoms. The monoisotopic (exact) mass is 354 g/mol. The molecule has 2 aromatic rings. The lowest BCUT2D eigenvalue weighted by atomic mass is 10.0. The fourth-order valence-corrected chi connectivity index (χ4v) is 4.07. The van der Waals surface area contributed by atoms with Crippen molar-refractivity contribution in [1.29, 1.82) is 0 Å². The van der Waals surface area contributed by atoms with Crippen LogP contribution in [0, 0.1) is 0 Å². The highest BCUT2D eigenvalue weighted by atomic mass is 16.5. The topological polar surface area (TPSA) is 50.7 Å². The Morgan fingerprint density at radius 3 is 2.50 bits per heavy atom. The van der Waals surface area contributed by atoms with E-state index >= 15 is 0 Å². The van der Waals surface area contributed by atoms with Crippen LogP contribution in [0.25, 0.3) is 0 Å². The molecule has 3 heterocycles. The van der Waals surface area contributed by atoms with E-state index in [1.807, 2.05) is 12.1 Å². The van der Waals surface area contributed by atoms with Gasteiger partial charge in [0.05, 0.1) is 20.3 Å². The van der Waals surface area contributed by atoms with E-state index in [2.05, 4.69) is 31.9 Å². The van der Waals surface area contributed by atoms with Gasteiger partial charge in [0.2, 0.25) is 0 Å². The fourth-order valence-electron chi connectivity index (χ4n) is 4.07. The molecule has 26 heavy (non-hydrogen) atoms. The van der Waals surface area contributed by atoms with E-state index in [4.69, 9.17) is 9.47 Å². The summed E-state index contributed by atoms with van der Waals surface area (Å²) < 4.78 is 11.0. The molecule has 138 valence electrons. The summed E-state index contributed by atoms with van der Waals surface area (Å²) in [5.74, 6) is 3.73. The van der Waals surface area contributed by atoms with Crippen molar-refractivity contribution in [3.63, 3.8) is 0 Å². The van der Waals surface area contributed by atoms with Gasteiger partial charge in [0.15, 0.2) is 0 Å². The summed E-state index contributed by atoms with van der Waals surface area (Å²) in [4.78, 5) is 13.8. The van der Waals surface area contributed by atoms with Gasteiger partial charge >= 0.3 is 0 Å². The smallest absolute Gasteiger partial charge is 0.134 e. The summed E-state index contributed by atoms with van der Waals surface area (Å²) in [7, 11) is 3.39. The molecule has 2 fully saturated rings. The van der Waals surface area contributed by atoms with Crippen LogP contribution < -0.4 is 19.3 Å². The number of rotatable bonds is 5. The van der Waals surface area contributed by atoms with Crippen LogP contribution in [0.5, 0.6) is 11.5 Å². The molecular weight excluding hydrogens is 328 g/mol. The van der Waals surface area contributed by atoms with Gasteiger partial charge in [-0.3, -0.25) is 0 Å². The standard InChI is InChI=1S/C20H26N4O2/c1-25-15-7-8-16(18(12-15)26-2)17-6-5-11-24(17)20-13-19(21-14-22-20)23-9-3-4-10-23/h7-8,12-14,17H,3-6,9-11H2,1-2H3. The van der Waals surface area contributed by atoms with Crippen molar-refractivity contribution in [1.82, 2.24) is 9.97 Å². The zero-order chi connectivity index (χ0) is 17.9. The number of hydrogen-bond acceptors (Lipinski definition) is 6. The van der Waals surface area contributed by atoms with Crippen molar-refractivity contribution < 1.29 is 9.47 Å². The number of benzene rings is 1. The van der Waals surface area contributed by atoms with Gasteiger partial charge in [-0.05, 0) is 37.8 Å². The quantitative estimate of drug-likeness (QED) is 0.820. The van der Waals surface area contributed by atoms with E-state index in [1.165, 1.54) is 18.4 Å². The minimum Gasteiger partial charge on any atom is -0.497 e. The molecule has 2 saturated heterocycles. The third-order valence-corrected chi connectivity index (χ3v) is 5.41. The van der Waals surface area contributed by atoms with Crippen LogP contribution in [-0.2, 0) is 0 Å². The first kappa shape index (κ1) is 16.9. The zero-order valence-corrected chi connectivity index (χ0v) is 15.5. The average molecular weight is 354 g/mol. The van der Waals surface area contributed by atoms with E-state index in [1.54, 1.807) is 20.5 Å². The lowest BCUT2D eigenvalue weighted by Crippen LogP contribution is -2.25. The van der Waals surface area contributed by atoms with Gasteiger partial charge in [-0.15, -0.1) is 0 Å². The largest absolute Gasteiger partial charge is 0.497 e. The van der Waals surface area contributed by atoms with Gasteiger partial charge in [-0.1, -0.05) is 0 Å². The average Bonchev–Trinajstić information content (AvgIpc) is 3.39. The molecule has 0 saturated carbocycles. The summed E-state index contributed by atoms with van der Waals surface area (Å²) in [5, 5.41) is 0. The molecule has 0 bridgehead atoms. The molecule has 6 nitrogen and oxygen atoms in total. The van der Waals surface area contributed by atoms with Crippen molar-refractivity contribution in [2.24, 2.45) is 0 Å². The number of hydrogen-bond donors (Lipinski definition) is 0. The van der Waals surface area contributed by atoms with Crippen molar-refractivity contribution in [2.45, 2.75) is 31.7 Å². The Morgan fingerprint density at radius 2 is 1.73 bits per heavy atom. The molecule has 1 atom stereocenters. The van der Waals surface area contributed by atoms with Crippen LogP contribution in [0.15, 0.2) is 30.6 Å². The molecule has 1 aromatic carbocycles. The van der Waals surface area contributed by atoms with Gasteiger partial charge < -0.3 is 19.3 Å². The summed E-state index contributed by atoms with van der Waals surface area (Å²) in [5.41, 5.74) is 1.19. The predicted octanol–water partition coefficient (Wildman–Crippen LogP) is 3.44. The second-order valence-corrected chi connectivity index (χ2v) is 6.89. The molecular formula is C20H26N4O2. The number of ether oxygens (including phenoxy) is 2. The summed E-state index contributed by atoms with van der Waals surface area (Å²) in [6.45, 7) is 3.18. The molecule has 4 rings (SSSR count). The Labute approximate surface area is 154 Å². The van der Waals surface area contributed by atoms with E-state index in [0.29, 0.717) is 0 Å². The Kier molecular flexibility index (Phi) is 4.82. The highest BCUT2D eigenvalue weighted by Gasteiger charge is 2.30. The maximum atomic E-state index is 5.64. The molecule has 6 heteroatoms. The Morgan fingerprint density at radius 1 is 0.923 bits per heavy atom. The van der Waals surface area contributed by atoms with Crippen LogP contribution in [0.1, 0.15) is 37.3 Å². The molecule has 2 aliphatic heterocycles. The van der Waals surface area contributed by atoms with Crippen LogP contribution in [-0.4, -0.2) is 43.8 Å². The number of nitrogens with zero attached hydrogens (tertiary/aromatic N) is 4. The third kappa shape index (κ3) is 3.16. The Bertz CT molecular complexity index is 761. The maximum absolute atomic E-state index is 5.64. The molecule has 0 radical (unpaired) electrons. The van der Waals surface area contributed by atoms with Gasteiger partial charge in [-0.25, -0.2) is 9.97 Å². The van der Waals surface area contributed by atoms with Crippen LogP contribution in [0.3, 0.4) is 0 Å². The number of anilines is 2. The summed E-state index contributed by atoms with van der Waals surface area (Å²) in [6.07, 6.45) is 6.42. The van der Waals surface area contributed by atoms with Gasteiger partial charge in [0, 0.05) is 37.3 Å². The second kappa shape index (κ2) is 7.40. The van der Waals surface area contributed by atoms with Gasteiger partial charge in [0.1, 0.15) is 29.5 Å². The normalized spacial score (nSPS) is 19.8. The van der Waals surface area contributed by atoms with Crippen molar-refractivity contribution >= 4 is 11.6 Å². The maximum Gasteiger partial charge on any atom is 0.134 e. The third-order valence-electron chi connectivity index (χ3n) is 5.41. The number of methoxy groups -OCH3 is 2. The highest BCUT2D eigenvalue weighted by Crippen LogP contribution is 2.41. The van der Waals surface area contributed by atoms with E-state index < -0.39 is 0 Å². The van der Waals surface area contributed by atoms with E-state index in [9.17, 15) is 0 Å². The zero-order valence-electron chi connectivity index (χ0n) is 15.5. The summed E-state index contributed by atoms with van der Waals surface area (Å²) in [6, 6.07) is 8.48. The molecule has 2 aliphatic rings. The first-order valence-electron chi connectivity index (χ1n) is 9.35. The Balaban J connectivity index is 1.64. The van der Waals surface area contributed by atoms with Crippen LogP contribution >= 0.6 is 0 Å². The van der Waals surface area contributed by atoms with Gasteiger partial charge in [0.25, 0.3) is 0 Å². The van der Waals surface area contributed by atoms with E-state index in [-0.39, 0.29) is 6.04 Å². The highest BCUT2D eigenvalue weighted by molar-refractivity contribution is 5.54. The summed E-state index contributed by atoms with van der Waals surface area (Å²) >= 11 is 0. The van der Waals surface area contributed by atoms with Crippen molar-refractivity contribution in [3.8, 4) is 11.5 Å². The predicted molar refractivity (Wildman–Crippen MR) is 102 cm³/mol. The SMILES string of the molecule is COc1ccc(C2CCCN2c2cc(N3CCCC3)ncn2)c(OC)c1. The lowest BCUT2D eigenvalue weighted by Gasteiger charge is -2.28. The minimum absolute atomic E-state index is 0.261. The van der Waals surface area contributed by atoms with Crippen LogP contribution in [0.4, 0.5) is 11.6 Å². The molecule has 0 N–H and O–H groups in total. The molecule has 0 aliphatic carbocycles. The lowest BCUT2D eigenvalue weighted by molar-refractivity contribution is 0.388. The second-order valence-electron chi connectivity index (χ2n) is 6.89. The van der Waals surface area contributed by atoms with Gasteiger partial charge in [-0.2, -0.15) is 0 Å². The first-order chi connectivity index (χ1) is 12.8. The molecule has 1 unspecified atom stereocenters. The fraction of sp³-hybridized carbons (Fsp3) is 0.500. The van der Waals surface area contributed by atoms with E-state index in [0.717, 1.165) is 55.6 Å². The number of aromatic nitrogens is 2.